The monoisotopic (exact) mass is 523 g/mol. The van der Waals surface area contributed by atoms with Crippen LogP contribution >= 0.6 is 11.5 Å². The summed E-state index contributed by atoms with van der Waals surface area (Å²) in [5, 5.41) is 3.12. The summed E-state index contributed by atoms with van der Waals surface area (Å²) in [4.78, 5) is 41.2. The molecule has 37 heavy (non-hydrogen) atoms. The highest BCUT2D eigenvalue weighted by Gasteiger charge is 2.37. The third kappa shape index (κ3) is 5.48. The van der Waals surface area contributed by atoms with Crippen molar-refractivity contribution < 1.29 is 18.8 Å². The highest BCUT2D eigenvalue weighted by Crippen LogP contribution is 2.36. The molecule has 0 spiro atoms. The van der Waals surface area contributed by atoms with Gasteiger partial charge in [0, 0.05) is 11.7 Å². The van der Waals surface area contributed by atoms with Gasteiger partial charge < -0.3 is 16.8 Å². The lowest BCUT2D eigenvalue weighted by molar-refractivity contribution is -0.123. The van der Waals surface area contributed by atoms with Gasteiger partial charge in [0.15, 0.2) is 5.69 Å². The first-order valence-electron chi connectivity index (χ1n) is 12.2. The quantitative estimate of drug-likeness (QED) is 0.422. The number of carbonyl (C=O) groups excluding carboxylic acids is 3. The molecule has 1 fully saturated rings. The minimum Gasteiger partial charge on any atom is -0.395 e. The van der Waals surface area contributed by atoms with Gasteiger partial charge in [-0.1, -0.05) is 43.5 Å². The molecule has 8 nitrogen and oxygen atoms in total. The second-order valence-corrected chi connectivity index (χ2v) is 10.1. The fourth-order valence-corrected chi connectivity index (χ4v) is 5.43. The Bertz CT molecular complexity index is 1320. The number of nitrogens with zero attached hydrogens (tertiary/aromatic N) is 2. The van der Waals surface area contributed by atoms with Crippen LogP contribution < -0.4 is 21.7 Å². The fourth-order valence-electron chi connectivity index (χ4n) is 4.69. The van der Waals surface area contributed by atoms with Crippen molar-refractivity contribution in [2.24, 2.45) is 5.73 Å². The van der Waals surface area contributed by atoms with Crippen molar-refractivity contribution in [3.8, 4) is 0 Å². The number of primary amides is 1. The van der Waals surface area contributed by atoms with E-state index >= 15 is 0 Å². The summed E-state index contributed by atoms with van der Waals surface area (Å²) in [5.74, 6) is -2.30. The number of aromatic nitrogens is 1. The summed E-state index contributed by atoms with van der Waals surface area (Å²) < 4.78 is 17.9. The maximum absolute atomic E-state index is 14.2. The Morgan fingerprint density at radius 3 is 2.38 bits per heavy atom. The van der Waals surface area contributed by atoms with Crippen LogP contribution in [0.3, 0.4) is 0 Å². The van der Waals surface area contributed by atoms with E-state index in [0.29, 0.717) is 11.3 Å². The van der Waals surface area contributed by atoms with Crippen molar-refractivity contribution >= 4 is 40.6 Å². The number of aryl methyl sites for hydroxylation is 1. The van der Waals surface area contributed by atoms with Crippen molar-refractivity contribution in [3.05, 3.63) is 75.5 Å². The molecule has 0 radical (unpaired) electrons. The molecule has 5 N–H and O–H groups in total. The number of carbonyl (C=O) groups is 3. The van der Waals surface area contributed by atoms with Gasteiger partial charge in [0.1, 0.15) is 16.7 Å². The Balaban J connectivity index is 1.88. The van der Waals surface area contributed by atoms with Crippen LogP contribution in [-0.4, -0.2) is 28.1 Å². The van der Waals surface area contributed by atoms with Gasteiger partial charge in [0.2, 0.25) is 5.91 Å². The number of hydrogen-bond acceptors (Lipinski definition) is 6. The van der Waals surface area contributed by atoms with E-state index in [0.717, 1.165) is 54.8 Å². The molecule has 10 heteroatoms. The largest absolute Gasteiger partial charge is 0.395 e. The molecule has 1 aliphatic rings. The van der Waals surface area contributed by atoms with Gasteiger partial charge in [-0.2, -0.15) is 4.37 Å². The summed E-state index contributed by atoms with van der Waals surface area (Å²) in [5.41, 5.74) is 13.8. The van der Waals surface area contributed by atoms with E-state index in [1.165, 1.54) is 29.2 Å². The highest BCUT2D eigenvalue weighted by atomic mass is 32.1. The molecule has 0 aliphatic heterocycles. The van der Waals surface area contributed by atoms with E-state index in [9.17, 15) is 18.8 Å². The van der Waals surface area contributed by atoms with Crippen molar-refractivity contribution in [1.82, 2.24) is 9.69 Å². The highest BCUT2D eigenvalue weighted by molar-refractivity contribution is 7.09. The van der Waals surface area contributed by atoms with E-state index in [2.05, 4.69) is 9.69 Å². The maximum Gasteiger partial charge on any atom is 0.273 e. The van der Waals surface area contributed by atoms with E-state index in [-0.39, 0.29) is 28.2 Å². The topological polar surface area (TPSA) is 131 Å². The van der Waals surface area contributed by atoms with Crippen LogP contribution in [0.1, 0.15) is 75.0 Å². The van der Waals surface area contributed by atoms with Gasteiger partial charge in [0.25, 0.3) is 11.8 Å². The Labute approximate surface area is 219 Å². The van der Waals surface area contributed by atoms with Gasteiger partial charge in [0.05, 0.1) is 5.69 Å². The number of nitrogen functional groups attached to an aromatic ring is 1. The molecule has 1 heterocycles. The molecule has 0 saturated heterocycles. The smallest absolute Gasteiger partial charge is 0.273 e. The van der Waals surface area contributed by atoms with Gasteiger partial charge in [-0.15, -0.1) is 0 Å². The Morgan fingerprint density at radius 1 is 1.08 bits per heavy atom. The molecular weight excluding hydrogens is 493 g/mol. The zero-order valence-electron chi connectivity index (χ0n) is 20.8. The second-order valence-electron chi connectivity index (χ2n) is 9.33. The van der Waals surface area contributed by atoms with Gasteiger partial charge >= 0.3 is 0 Å². The Morgan fingerprint density at radius 2 is 1.76 bits per heavy atom. The summed E-state index contributed by atoms with van der Waals surface area (Å²) in [6.07, 6.45) is 4.85. The Kier molecular flexibility index (Phi) is 7.87. The van der Waals surface area contributed by atoms with Crippen LogP contribution in [0.25, 0.3) is 0 Å². The molecule has 1 atom stereocenters. The van der Waals surface area contributed by atoms with Gasteiger partial charge in [-0.05, 0) is 73.1 Å². The van der Waals surface area contributed by atoms with Crippen LogP contribution in [0.2, 0.25) is 0 Å². The molecule has 194 valence electrons. The summed E-state index contributed by atoms with van der Waals surface area (Å²) >= 11 is 0.749. The minimum absolute atomic E-state index is 0.00714. The molecule has 2 aromatic carbocycles. The van der Waals surface area contributed by atoms with Crippen LogP contribution in [0.5, 0.6) is 0 Å². The van der Waals surface area contributed by atoms with E-state index in [1.54, 1.807) is 12.1 Å². The number of nitrogens with two attached hydrogens (primary N) is 2. The third-order valence-electron chi connectivity index (χ3n) is 6.85. The zero-order valence-corrected chi connectivity index (χ0v) is 21.6. The molecule has 3 amide bonds. The number of rotatable bonds is 7. The molecule has 4 rings (SSSR count). The second kappa shape index (κ2) is 11.1. The molecular formula is C27H30FN5O3S. The Hall–Kier alpha value is -3.79. The number of amides is 3. The van der Waals surface area contributed by atoms with E-state index in [1.807, 2.05) is 19.9 Å². The molecule has 3 aromatic rings. The van der Waals surface area contributed by atoms with Crippen LogP contribution in [-0.2, 0) is 4.79 Å². The lowest BCUT2D eigenvalue weighted by atomic mass is 9.94. The standard InChI is InChI=1S/C27H30FN5O3S/c1-15-7-6-10-20(16(15)2)33(27(36)24-21(29)22(25(30)34)32-37-24)23(17-11-13-18(28)14-12-17)26(35)31-19-8-4-3-5-9-19/h6-7,10-14,19,23H,3-5,8-9,29H2,1-2H3,(H2,30,34)(H,31,35)/t23-/m1/s1. The van der Waals surface area contributed by atoms with Gasteiger partial charge in [-0.3, -0.25) is 19.3 Å². The number of benzene rings is 2. The van der Waals surface area contributed by atoms with E-state index < -0.39 is 23.7 Å². The average molecular weight is 524 g/mol. The van der Waals surface area contributed by atoms with Crippen LogP contribution in [0.15, 0.2) is 42.5 Å². The molecule has 1 aliphatic carbocycles. The lowest BCUT2D eigenvalue weighted by Gasteiger charge is -2.34. The summed E-state index contributed by atoms with van der Waals surface area (Å²) in [6, 6.07) is 9.81. The molecule has 1 saturated carbocycles. The van der Waals surface area contributed by atoms with Crippen molar-refractivity contribution in [2.45, 2.75) is 58.0 Å². The van der Waals surface area contributed by atoms with Crippen LogP contribution in [0, 0.1) is 19.7 Å². The minimum atomic E-state index is -1.13. The molecule has 1 aromatic heterocycles. The summed E-state index contributed by atoms with van der Waals surface area (Å²) in [7, 11) is 0. The number of halogens is 1. The lowest BCUT2D eigenvalue weighted by Crippen LogP contribution is -2.47. The van der Waals surface area contributed by atoms with Crippen molar-refractivity contribution in [3.63, 3.8) is 0 Å². The predicted molar refractivity (Wildman–Crippen MR) is 142 cm³/mol. The maximum atomic E-state index is 14.2. The molecule has 0 unspecified atom stereocenters. The average Bonchev–Trinajstić information content (AvgIpc) is 3.27. The first kappa shape index (κ1) is 26.3. The predicted octanol–water partition coefficient (Wildman–Crippen LogP) is 4.42. The SMILES string of the molecule is Cc1cccc(N(C(=O)c2snc(C(N)=O)c2N)[C@@H](C(=O)NC2CCCCC2)c2ccc(F)cc2)c1C. The van der Waals surface area contributed by atoms with Gasteiger partial charge in [-0.25, -0.2) is 4.39 Å². The zero-order chi connectivity index (χ0) is 26.7. The first-order chi connectivity index (χ1) is 17.7. The third-order valence-corrected chi connectivity index (χ3v) is 7.70. The normalized spacial score (nSPS) is 14.7. The summed E-state index contributed by atoms with van der Waals surface area (Å²) in [6.45, 7) is 3.76. The first-order valence-corrected chi connectivity index (χ1v) is 13.0. The van der Waals surface area contributed by atoms with Crippen molar-refractivity contribution in [1.29, 1.82) is 0 Å². The number of nitrogens with one attached hydrogen (secondary N) is 1. The van der Waals surface area contributed by atoms with Crippen molar-refractivity contribution in [2.75, 3.05) is 10.6 Å². The molecule has 0 bridgehead atoms. The number of anilines is 2. The van der Waals surface area contributed by atoms with Crippen LogP contribution in [0.4, 0.5) is 15.8 Å². The fraction of sp³-hybridized carbons (Fsp3) is 0.333. The van der Waals surface area contributed by atoms with E-state index in [4.69, 9.17) is 11.5 Å². The number of hydrogen-bond donors (Lipinski definition) is 3.